The topological polar surface area (TPSA) is 140 Å². The molecule has 0 saturated carbocycles. The van der Waals surface area contributed by atoms with Crippen molar-refractivity contribution in [3.63, 3.8) is 0 Å². The Morgan fingerprint density at radius 2 is 0.646 bits per heavy atom. The quantitative estimate of drug-likeness (QED) is 0.141. The van der Waals surface area contributed by atoms with E-state index in [9.17, 15) is 29.7 Å². The molecule has 0 unspecified atom stereocenters. The Hall–Kier alpha value is -6.63. The summed E-state index contributed by atoms with van der Waals surface area (Å²) in [6, 6.07) is 17.7. The Morgan fingerprint density at radius 3 is 0.875 bits per heavy atom. The minimum absolute atomic E-state index is 0.147. The van der Waals surface area contributed by atoms with E-state index in [0.29, 0.717) is 33.4 Å². The van der Waals surface area contributed by atoms with Crippen molar-refractivity contribution in [1.29, 1.82) is 0 Å². The summed E-state index contributed by atoms with van der Waals surface area (Å²) in [6.07, 6.45) is 0. The van der Waals surface area contributed by atoms with Gasteiger partial charge in [-0.1, -0.05) is 35.5 Å². The lowest BCUT2D eigenvalue weighted by Crippen LogP contribution is -2.04. The number of carbonyl (C=O) groups excluding carboxylic acids is 3. The molecule has 3 N–H and O–H groups in total. The second-order valence-corrected chi connectivity index (χ2v) is 10.0. The van der Waals surface area contributed by atoms with Gasteiger partial charge in [-0.25, -0.2) is 14.4 Å². The van der Waals surface area contributed by atoms with Crippen LogP contribution in [0.1, 0.15) is 85.2 Å². The van der Waals surface area contributed by atoms with E-state index in [-0.39, 0.29) is 53.8 Å². The van der Waals surface area contributed by atoms with Crippen LogP contribution in [0.15, 0.2) is 72.8 Å². The molecule has 9 nitrogen and oxygen atoms in total. The molecule has 0 heterocycles. The molecule has 0 radical (unpaired) electrons. The lowest BCUT2D eigenvalue weighted by atomic mass is 10.0. The SMILES string of the molecule is CCOC(=O)c1cc(O)cc(C#Cc2cc(C#Cc3cc(O)cc(C(=O)OCC)c3)cc(C#Cc3cc(O)cc(C(=O)OCC)c3)c2)c1. The minimum Gasteiger partial charge on any atom is -0.508 e. The van der Waals surface area contributed by atoms with Crippen LogP contribution < -0.4 is 0 Å². The van der Waals surface area contributed by atoms with Crippen LogP contribution in [0.25, 0.3) is 0 Å². The third kappa shape index (κ3) is 9.68. The number of ether oxygens (including phenoxy) is 3. The van der Waals surface area contributed by atoms with Crippen molar-refractivity contribution < 1.29 is 43.9 Å². The molecule has 240 valence electrons. The summed E-state index contributed by atoms with van der Waals surface area (Å²) in [5.74, 6) is 15.6. The highest BCUT2D eigenvalue weighted by molar-refractivity contribution is 5.91. The Kier molecular flexibility index (Phi) is 11.5. The van der Waals surface area contributed by atoms with Crippen LogP contribution in [-0.4, -0.2) is 53.0 Å². The standard InChI is InChI=1S/C39H30O9/c1-4-46-37(43)31-16-28(19-34(40)22-31)10-7-25-13-26(8-11-29-17-32(23-35(41)20-29)38(44)47-5-2)15-27(14-25)9-12-30-18-33(24-36(42)21-30)39(45)48-6-3/h13-24,40-42H,4-6H2,1-3H3. The molecule has 0 aromatic heterocycles. The average Bonchev–Trinajstić information content (AvgIpc) is 3.05. The van der Waals surface area contributed by atoms with Gasteiger partial charge in [0.1, 0.15) is 17.2 Å². The lowest BCUT2D eigenvalue weighted by molar-refractivity contribution is 0.0516. The fourth-order valence-electron chi connectivity index (χ4n) is 4.32. The summed E-state index contributed by atoms with van der Waals surface area (Å²) < 4.78 is 15.1. The molecule has 0 aliphatic heterocycles. The Bertz CT molecular complexity index is 1830. The minimum atomic E-state index is -0.595. The summed E-state index contributed by atoms with van der Waals surface area (Å²) in [7, 11) is 0. The molecule has 0 fully saturated rings. The summed E-state index contributed by atoms with van der Waals surface area (Å²) >= 11 is 0. The van der Waals surface area contributed by atoms with E-state index < -0.39 is 17.9 Å². The first-order valence-corrected chi connectivity index (χ1v) is 14.8. The maximum atomic E-state index is 12.2. The van der Waals surface area contributed by atoms with E-state index in [1.807, 2.05) is 0 Å². The lowest BCUT2D eigenvalue weighted by Gasteiger charge is -2.04. The van der Waals surface area contributed by atoms with Crippen molar-refractivity contribution in [3.8, 4) is 52.8 Å². The van der Waals surface area contributed by atoms with E-state index >= 15 is 0 Å². The summed E-state index contributed by atoms with van der Waals surface area (Å²) in [5.41, 5.74) is 2.98. The molecule has 0 spiro atoms. The maximum Gasteiger partial charge on any atom is 0.338 e. The van der Waals surface area contributed by atoms with E-state index in [4.69, 9.17) is 14.2 Å². The van der Waals surface area contributed by atoms with E-state index in [1.54, 1.807) is 39.0 Å². The van der Waals surface area contributed by atoms with Gasteiger partial charge in [0, 0.05) is 33.4 Å². The molecule has 0 saturated heterocycles. The predicted molar refractivity (Wildman–Crippen MR) is 177 cm³/mol. The van der Waals surface area contributed by atoms with Crippen molar-refractivity contribution in [3.05, 3.63) is 123 Å². The number of carbonyl (C=O) groups is 3. The van der Waals surface area contributed by atoms with Gasteiger partial charge in [0.15, 0.2) is 0 Å². The van der Waals surface area contributed by atoms with Gasteiger partial charge in [0.25, 0.3) is 0 Å². The molecule has 4 aromatic rings. The van der Waals surface area contributed by atoms with Gasteiger partial charge in [-0.3, -0.25) is 0 Å². The molecule has 0 amide bonds. The van der Waals surface area contributed by atoms with Gasteiger partial charge in [0.2, 0.25) is 0 Å². The first-order valence-electron chi connectivity index (χ1n) is 14.8. The third-order valence-corrected chi connectivity index (χ3v) is 6.27. The number of esters is 3. The van der Waals surface area contributed by atoms with Crippen LogP contribution in [0.4, 0.5) is 0 Å². The van der Waals surface area contributed by atoms with E-state index in [2.05, 4.69) is 35.5 Å². The highest BCUT2D eigenvalue weighted by Crippen LogP contribution is 2.19. The molecular weight excluding hydrogens is 612 g/mol. The molecule has 9 heteroatoms. The number of phenols is 3. The number of hydrogen-bond acceptors (Lipinski definition) is 9. The van der Waals surface area contributed by atoms with E-state index in [0.717, 1.165) is 0 Å². The van der Waals surface area contributed by atoms with Crippen molar-refractivity contribution in [2.24, 2.45) is 0 Å². The Balaban J connectivity index is 1.78. The average molecular weight is 643 g/mol. The zero-order valence-electron chi connectivity index (χ0n) is 26.3. The summed E-state index contributed by atoms with van der Waals surface area (Å²) in [6.45, 7) is 5.55. The van der Waals surface area contributed by atoms with Crippen LogP contribution in [0.3, 0.4) is 0 Å². The van der Waals surface area contributed by atoms with Crippen LogP contribution >= 0.6 is 0 Å². The Labute approximate surface area is 277 Å². The molecule has 48 heavy (non-hydrogen) atoms. The van der Waals surface area contributed by atoms with Gasteiger partial charge in [0.05, 0.1) is 36.5 Å². The molecule has 0 bridgehead atoms. The van der Waals surface area contributed by atoms with Crippen LogP contribution in [0, 0.1) is 35.5 Å². The maximum absolute atomic E-state index is 12.2. The van der Waals surface area contributed by atoms with Gasteiger partial charge in [-0.15, -0.1) is 0 Å². The number of aromatic hydroxyl groups is 3. The van der Waals surface area contributed by atoms with Crippen molar-refractivity contribution in [1.82, 2.24) is 0 Å². The number of rotatable bonds is 6. The monoisotopic (exact) mass is 642 g/mol. The fourth-order valence-corrected chi connectivity index (χ4v) is 4.32. The van der Waals surface area contributed by atoms with Gasteiger partial charge in [-0.05, 0) is 93.6 Å². The van der Waals surface area contributed by atoms with Crippen LogP contribution in [-0.2, 0) is 14.2 Å². The van der Waals surface area contributed by atoms with Crippen molar-refractivity contribution in [2.45, 2.75) is 20.8 Å². The summed E-state index contributed by atoms with van der Waals surface area (Å²) in [5, 5.41) is 30.5. The zero-order valence-corrected chi connectivity index (χ0v) is 26.3. The Morgan fingerprint density at radius 1 is 0.417 bits per heavy atom. The van der Waals surface area contributed by atoms with Crippen LogP contribution in [0.5, 0.6) is 17.2 Å². The van der Waals surface area contributed by atoms with Gasteiger partial charge < -0.3 is 29.5 Å². The summed E-state index contributed by atoms with van der Waals surface area (Å²) in [4.78, 5) is 36.7. The number of phenolic OH excluding ortho intramolecular Hbond substituents is 3. The highest BCUT2D eigenvalue weighted by atomic mass is 16.5. The second kappa shape index (κ2) is 16.1. The van der Waals surface area contributed by atoms with Crippen molar-refractivity contribution in [2.75, 3.05) is 19.8 Å². The van der Waals surface area contributed by atoms with Gasteiger partial charge in [-0.2, -0.15) is 0 Å². The predicted octanol–water partition coefficient (Wildman–Crippen LogP) is 5.53. The van der Waals surface area contributed by atoms with Crippen LogP contribution in [0.2, 0.25) is 0 Å². The first kappa shape index (κ1) is 34.2. The van der Waals surface area contributed by atoms with E-state index in [1.165, 1.54) is 54.6 Å². The fraction of sp³-hybridized carbons (Fsp3) is 0.154. The largest absolute Gasteiger partial charge is 0.508 e. The molecular formula is C39H30O9. The second-order valence-electron chi connectivity index (χ2n) is 10.0. The van der Waals surface area contributed by atoms with Gasteiger partial charge >= 0.3 is 17.9 Å². The first-order chi connectivity index (χ1) is 23.1. The molecule has 4 aromatic carbocycles. The molecule has 0 aliphatic carbocycles. The highest BCUT2D eigenvalue weighted by Gasteiger charge is 2.11. The number of benzene rings is 4. The zero-order chi connectivity index (χ0) is 34.6. The number of hydrogen-bond donors (Lipinski definition) is 3. The molecule has 0 atom stereocenters. The van der Waals surface area contributed by atoms with Crippen molar-refractivity contribution >= 4 is 17.9 Å². The normalized spacial score (nSPS) is 9.81. The molecule has 0 aliphatic rings. The molecule has 4 rings (SSSR count). The third-order valence-electron chi connectivity index (χ3n) is 6.27. The smallest absolute Gasteiger partial charge is 0.338 e.